The molecule has 2 aromatic heterocycles. The first-order valence-corrected chi connectivity index (χ1v) is 9.99. The molecule has 3 heterocycles. The summed E-state index contributed by atoms with van der Waals surface area (Å²) < 4.78 is 0. The Morgan fingerprint density at radius 1 is 0.786 bits per heavy atom. The Hall–Kier alpha value is -2.91. The molecule has 28 heavy (non-hydrogen) atoms. The van der Waals surface area contributed by atoms with Crippen LogP contribution >= 0.6 is 0 Å². The highest BCUT2D eigenvalue weighted by Gasteiger charge is 2.13. The summed E-state index contributed by atoms with van der Waals surface area (Å²) in [4.78, 5) is 8.18. The van der Waals surface area contributed by atoms with Crippen LogP contribution in [0.3, 0.4) is 0 Å². The van der Waals surface area contributed by atoms with Crippen LogP contribution in [0.15, 0.2) is 48.5 Å². The van der Waals surface area contributed by atoms with Gasteiger partial charge in [0, 0.05) is 40.1 Å². The molecule has 0 bridgehead atoms. The molecule has 0 atom stereocenters. The molecule has 3 heteroatoms. The lowest BCUT2D eigenvalue weighted by Crippen LogP contribution is -2.23. The zero-order chi connectivity index (χ0) is 19.3. The predicted octanol–water partition coefficient (Wildman–Crippen LogP) is 5.47. The average molecular weight is 367 g/mol. The Balaban J connectivity index is 1.60. The van der Waals surface area contributed by atoms with Crippen LogP contribution in [0, 0.1) is 20.8 Å². The number of rotatable bonds is 2. The van der Waals surface area contributed by atoms with Gasteiger partial charge in [0.05, 0.1) is 0 Å². The van der Waals surface area contributed by atoms with Crippen LogP contribution in [0.2, 0.25) is 0 Å². The number of hydrogen-bond acceptors (Lipinski definition) is 2. The molecule has 0 unspecified atom stereocenters. The second-order valence-electron chi connectivity index (χ2n) is 7.93. The molecule has 0 aliphatic carbocycles. The molecular formula is C25H25N3. The number of nitrogens with zero attached hydrogens (tertiary/aromatic N) is 1. The fourth-order valence-electron chi connectivity index (χ4n) is 4.44. The fraction of sp³-hybridized carbons (Fsp3) is 0.240. The number of benzene rings is 2. The summed E-state index contributed by atoms with van der Waals surface area (Å²) in [6, 6.07) is 18.0. The summed E-state index contributed by atoms with van der Waals surface area (Å²) in [6.45, 7) is 8.36. The molecule has 0 spiro atoms. The third-order valence-corrected chi connectivity index (χ3v) is 5.85. The molecule has 2 N–H and O–H groups in total. The number of nitrogens with one attached hydrogen (secondary N) is 2. The van der Waals surface area contributed by atoms with E-state index in [-0.39, 0.29) is 0 Å². The van der Waals surface area contributed by atoms with Crippen molar-refractivity contribution in [3.8, 4) is 22.4 Å². The van der Waals surface area contributed by atoms with Gasteiger partial charge >= 0.3 is 0 Å². The standard InChI is InChI=1S/C25H25N3/c1-15-10-22(11-16(2)27-15)25-17(3)23-7-6-19(13-24(23)28-25)18-4-5-21-14-26-9-8-20(21)12-18/h4-7,10-13,26,28H,8-9,14H2,1-3H3. The van der Waals surface area contributed by atoms with Crippen LogP contribution in [-0.4, -0.2) is 16.5 Å². The van der Waals surface area contributed by atoms with E-state index in [4.69, 9.17) is 0 Å². The van der Waals surface area contributed by atoms with Crippen molar-refractivity contribution in [3.05, 3.63) is 76.6 Å². The van der Waals surface area contributed by atoms with E-state index in [1.165, 1.54) is 50.0 Å². The summed E-state index contributed by atoms with van der Waals surface area (Å²) in [7, 11) is 0. The maximum absolute atomic E-state index is 4.51. The van der Waals surface area contributed by atoms with Gasteiger partial charge in [0.15, 0.2) is 0 Å². The van der Waals surface area contributed by atoms with Crippen LogP contribution in [0.5, 0.6) is 0 Å². The molecule has 0 saturated heterocycles. The van der Waals surface area contributed by atoms with Gasteiger partial charge in [-0.05, 0) is 79.8 Å². The summed E-state index contributed by atoms with van der Waals surface area (Å²) in [6.07, 6.45) is 1.11. The zero-order valence-corrected chi connectivity index (χ0v) is 16.7. The molecule has 1 aliphatic heterocycles. The van der Waals surface area contributed by atoms with E-state index in [2.05, 4.69) is 84.6 Å². The van der Waals surface area contributed by atoms with Gasteiger partial charge in [0.25, 0.3) is 0 Å². The Morgan fingerprint density at radius 2 is 1.54 bits per heavy atom. The van der Waals surface area contributed by atoms with Crippen molar-refractivity contribution in [3.63, 3.8) is 0 Å². The van der Waals surface area contributed by atoms with Gasteiger partial charge in [-0.2, -0.15) is 0 Å². The summed E-state index contributed by atoms with van der Waals surface area (Å²) >= 11 is 0. The minimum absolute atomic E-state index is 0.985. The summed E-state index contributed by atoms with van der Waals surface area (Å²) in [5.74, 6) is 0. The highest BCUT2D eigenvalue weighted by molar-refractivity contribution is 5.93. The summed E-state index contributed by atoms with van der Waals surface area (Å²) in [5.41, 5.74) is 12.5. The van der Waals surface area contributed by atoms with Gasteiger partial charge in [0.2, 0.25) is 0 Å². The van der Waals surface area contributed by atoms with Crippen molar-refractivity contribution in [1.82, 2.24) is 15.3 Å². The number of aromatic amines is 1. The van der Waals surface area contributed by atoms with Crippen molar-refractivity contribution in [2.45, 2.75) is 33.7 Å². The molecule has 0 fully saturated rings. The maximum atomic E-state index is 4.51. The Morgan fingerprint density at radius 3 is 2.36 bits per heavy atom. The minimum atomic E-state index is 0.985. The van der Waals surface area contributed by atoms with Gasteiger partial charge in [-0.25, -0.2) is 0 Å². The van der Waals surface area contributed by atoms with Crippen molar-refractivity contribution < 1.29 is 0 Å². The topological polar surface area (TPSA) is 40.7 Å². The van der Waals surface area contributed by atoms with E-state index >= 15 is 0 Å². The molecule has 4 aromatic rings. The van der Waals surface area contributed by atoms with Crippen molar-refractivity contribution >= 4 is 10.9 Å². The number of fused-ring (bicyclic) bond motifs is 2. The smallest absolute Gasteiger partial charge is 0.0495 e. The fourth-order valence-corrected chi connectivity index (χ4v) is 4.44. The normalized spacial score (nSPS) is 13.7. The monoisotopic (exact) mass is 367 g/mol. The van der Waals surface area contributed by atoms with E-state index in [9.17, 15) is 0 Å². The largest absolute Gasteiger partial charge is 0.354 e. The van der Waals surface area contributed by atoms with Crippen molar-refractivity contribution in [2.24, 2.45) is 0 Å². The maximum Gasteiger partial charge on any atom is 0.0495 e. The summed E-state index contributed by atoms with van der Waals surface area (Å²) in [5, 5.41) is 4.73. The number of aryl methyl sites for hydroxylation is 3. The van der Waals surface area contributed by atoms with Crippen LogP contribution in [-0.2, 0) is 13.0 Å². The first-order chi connectivity index (χ1) is 13.6. The van der Waals surface area contributed by atoms with E-state index in [1.54, 1.807) is 0 Å². The van der Waals surface area contributed by atoms with Gasteiger partial charge < -0.3 is 10.3 Å². The Bertz CT molecular complexity index is 1180. The van der Waals surface area contributed by atoms with Crippen LogP contribution in [0.4, 0.5) is 0 Å². The first kappa shape index (κ1) is 17.2. The van der Waals surface area contributed by atoms with Gasteiger partial charge in [0.1, 0.15) is 0 Å². The van der Waals surface area contributed by atoms with E-state index < -0.39 is 0 Å². The molecule has 2 aromatic carbocycles. The molecule has 0 amide bonds. The van der Waals surface area contributed by atoms with Gasteiger partial charge in [-0.15, -0.1) is 0 Å². The van der Waals surface area contributed by atoms with Crippen molar-refractivity contribution in [2.75, 3.05) is 6.54 Å². The highest BCUT2D eigenvalue weighted by atomic mass is 14.9. The zero-order valence-electron chi connectivity index (χ0n) is 16.7. The second kappa shape index (κ2) is 6.61. The highest BCUT2D eigenvalue weighted by Crippen LogP contribution is 2.33. The Kier molecular flexibility index (Phi) is 4.06. The quantitative estimate of drug-likeness (QED) is 0.493. The molecule has 140 valence electrons. The lowest BCUT2D eigenvalue weighted by Gasteiger charge is -2.18. The lowest BCUT2D eigenvalue weighted by atomic mass is 9.95. The number of pyridine rings is 1. The van der Waals surface area contributed by atoms with E-state index in [0.29, 0.717) is 0 Å². The minimum Gasteiger partial charge on any atom is -0.354 e. The molecular weight excluding hydrogens is 342 g/mol. The van der Waals surface area contributed by atoms with Crippen LogP contribution in [0.1, 0.15) is 28.1 Å². The van der Waals surface area contributed by atoms with Crippen LogP contribution in [0.25, 0.3) is 33.3 Å². The third kappa shape index (κ3) is 2.92. The predicted molar refractivity (Wildman–Crippen MR) is 117 cm³/mol. The SMILES string of the molecule is Cc1cc(-c2[nH]c3cc(-c4ccc5c(c4)CCNC5)ccc3c2C)cc(C)n1. The Labute approximate surface area is 165 Å². The number of H-pyrrole nitrogens is 1. The van der Waals surface area contributed by atoms with Crippen molar-refractivity contribution in [1.29, 1.82) is 0 Å². The molecule has 1 aliphatic rings. The number of aromatic nitrogens is 2. The molecule has 5 rings (SSSR count). The first-order valence-electron chi connectivity index (χ1n) is 9.99. The molecule has 3 nitrogen and oxygen atoms in total. The lowest BCUT2D eigenvalue weighted by molar-refractivity contribution is 0.644. The van der Waals surface area contributed by atoms with E-state index in [0.717, 1.165) is 30.9 Å². The number of hydrogen-bond donors (Lipinski definition) is 2. The molecule has 0 saturated carbocycles. The second-order valence-corrected chi connectivity index (χ2v) is 7.93. The van der Waals surface area contributed by atoms with E-state index in [1.807, 2.05) is 0 Å². The third-order valence-electron chi connectivity index (χ3n) is 5.85. The van der Waals surface area contributed by atoms with Gasteiger partial charge in [-0.1, -0.05) is 30.3 Å². The molecule has 0 radical (unpaired) electrons. The average Bonchev–Trinajstić information content (AvgIpc) is 3.03. The van der Waals surface area contributed by atoms with Gasteiger partial charge in [-0.3, -0.25) is 4.98 Å². The van der Waals surface area contributed by atoms with Crippen LogP contribution < -0.4 is 5.32 Å².